The molecule has 0 aliphatic rings. The fourth-order valence-electron chi connectivity index (χ4n) is 0.943. The van der Waals surface area contributed by atoms with Gasteiger partial charge in [-0.3, -0.25) is 0 Å². The predicted molar refractivity (Wildman–Crippen MR) is 47.3 cm³/mol. The van der Waals surface area contributed by atoms with E-state index in [-0.39, 0.29) is 0 Å². The average molecular weight is 196 g/mol. The van der Waals surface area contributed by atoms with Crippen LogP contribution in [-0.2, 0) is 0 Å². The van der Waals surface area contributed by atoms with Crippen LogP contribution in [0.25, 0.3) is 0 Å². The van der Waals surface area contributed by atoms with Gasteiger partial charge < -0.3 is 4.52 Å². The van der Waals surface area contributed by atoms with Crippen LogP contribution < -0.4 is 0 Å². The zero-order valence-corrected chi connectivity index (χ0v) is 8.08. The zero-order chi connectivity index (χ0) is 9.26. The van der Waals surface area contributed by atoms with Gasteiger partial charge in [0.25, 0.3) is 0 Å². The highest BCUT2D eigenvalue weighted by Gasteiger charge is 2.10. The van der Waals surface area contributed by atoms with E-state index in [4.69, 9.17) is 4.52 Å². The second-order valence-corrected chi connectivity index (χ2v) is 3.51. The van der Waals surface area contributed by atoms with Crippen LogP contribution in [0.5, 0.6) is 0 Å². The standard InChI is InChI=1S/C7H8N4OS/c1-5-7(6(2)12-10-5)13-11-4-8-3-9-11/h3-4H,1-2H3. The summed E-state index contributed by atoms with van der Waals surface area (Å²) >= 11 is 1.44. The Balaban J connectivity index is 2.27. The molecule has 0 aromatic carbocycles. The summed E-state index contributed by atoms with van der Waals surface area (Å²) < 4.78 is 6.67. The molecule has 0 radical (unpaired) electrons. The summed E-state index contributed by atoms with van der Waals surface area (Å²) in [6, 6.07) is 0. The van der Waals surface area contributed by atoms with Crippen LogP contribution in [-0.4, -0.2) is 19.3 Å². The lowest BCUT2D eigenvalue weighted by Crippen LogP contribution is -1.87. The van der Waals surface area contributed by atoms with Gasteiger partial charge in [-0.15, -0.1) is 5.10 Å². The molecule has 13 heavy (non-hydrogen) atoms. The van der Waals surface area contributed by atoms with E-state index in [9.17, 15) is 0 Å². The van der Waals surface area contributed by atoms with Crippen molar-refractivity contribution in [1.29, 1.82) is 0 Å². The zero-order valence-electron chi connectivity index (χ0n) is 7.26. The Labute approximate surface area is 79.3 Å². The normalized spacial score (nSPS) is 10.6. The molecule has 0 fully saturated rings. The monoisotopic (exact) mass is 196 g/mol. The van der Waals surface area contributed by atoms with E-state index in [1.54, 1.807) is 10.4 Å². The molecule has 0 amide bonds. The molecule has 68 valence electrons. The summed E-state index contributed by atoms with van der Waals surface area (Å²) in [5.41, 5.74) is 0.873. The topological polar surface area (TPSA) is 56.7 Å². The molecule has 0 aliphatic heterocycles. The molecule has 0 atom stereocenters. The van der Waals surface area contributed by atoms with Gasteiger partial charge in [0.2, 0.25) is 0 Å². The maximum Gasteiger partial charge on any atom is 0.149 e. The molecule has 2 aromatic heterocycles. The quantitative estimate of drug-likeness (QED) is 0.727. The van der Waals surface area contributed by atoms with Gasteiger partial charge in [0.1, 0.15) is 18.4 Å². The Morgan fingerprint density at radius 2 is 2.31 bits per heavy atom. The van der Waals surface area contributed by atoms with E-state index in [1.165, 1.54) is 18.3 Å². The van der Waals surface area contributed by atoms with Crippen molar-refractivity contribution in [2.75, 3.05) is 0 Å². The van der Waals surface area contributed by atoms with Gasteiger partial charge in [0.15, 0.2) is 0 Å². The largest absolute Gasteiger partial charge is 0.360 e. The lowest BCUT2D eigenvalue weighted by molar-refractivity contribution is 0.391. The third-order valence-electron chi connectivity index (χ3n) is 1.55. The van der Waals surface area contributed by atoms with Crippen LogP contribution in [0, 0.1) is 13.8 Å². The molecule has 0 bridgehead atoms. The van der Waals surface area contributed by atoms with Crippen LogP contribution in [0.3, 0.4) is 0 Å². The number of hydrogen-bond acceptors (Lipinski definition) is 5. The molecule has 0 unspecified atom stereocenters. The first-order chi connectivity index (χ1) is 6.27. The van der Waals surface area contributed by atoms with Gasteiger partial charge in [-0.2, -0.15) is 4.09 Å². The first kappa shape index (κ1) is 8.31. The van der Waals surface area contributed by atoms with E-state index < -0.39 is 0 Å². The second kappa shape index (κ2) is 3.21. The lowest BCUT2D eigenvalue weighted by Gasteiger charge is -1.96. The van der Waals surface area contributed by atoms with Crippen molar-refractivity contribution in [3.63, 3.8) is 0 Å². The SMILES string of the molecule is Cc1noc(C)c1Sn1cncn1. The summed E-state index contributed by atoms with van der Waals surface area (Å²) in [4.78, 5) is 4.83. The second-order valence-electron chi connectivity index (χ2n) is 2.54. The van der Waals surface area contributed by atoms with Crippen molar-refractivity contribution >= 4 is 11.9 Å². The van der Waals surface area contributed by atoms with Crippen LogP contribution in [0.1, 0.15) is 11.5 Å². The predicted octanol–water partition coefficient (Wildman–Crippen LogP) is 1.44. The fourth-order valence-corrected chi connectivity index (χ4v) is 1.66. The van der Waals surface area contributed by atoms with Gasteiger partial charge in [0, 0.05) is 11.9 Å². The molecule has 0 spiro atoms. The summed E-state index contributed by atoms with van der Waals surface area (Å²) in [5.74, 6) is 0.804. The van der Waals surface area contributed by atoms with E-state index in [2.05, 4.69) is 15.2 Å². The minimum Gasteiger partial charge on any atom is -0.360 e. The highest BCUT2D eigenvalue weighted by Crippen LogP contribution is 2.25. The number of aryl methyl sites for hydroxylation is 2. The summed E-state index contributed by atoms with van der Waals surface area (Å²) in [6.45, 7) is 3.77. The summed E-state index contributed by atoms with van der Waals surface area (Å²) in [5, 5.41) is 7.81. The summed E-state index contributed by atoms with van der Waals surface area (Å²) in [7, 11) is 0. The minimum absolute atomic E-state index is 0.804. The van der Waals surface area contributed by atoms with Gasteiger partial charge in [0.05, 0.1) is 10.6 Å². The van der Waals surface area contributed by atoms with Crippen molar-refractivity contribution < 1.29 is 4.52 Å². The molecule has 0 saturated heterocycles. The van der Waals surface area contributed by atoms with Crippen LogP contribution in [0.2, 0.25) is 0 Å². The first-order valence-corrected chi connectivity index (χ1v) is 4.50. The Morgan fingerprint density at radius 3 is 2.85 bits per heavy atom. The molecule has 6 heteroatoms. The van der Waals surface area contributed by atoms with Gasteiger partial charge in [-0.05, 0) is 13.8 Å². The number of nitrogens with zero attached hydrogens (tertiary/aromatic N) is 4. The van der Waals surface area contributed by atoms with Gasteiger partial charge in [-0.25, -0.2) is 4.98 Å². The van der Waals surface area contributed by atoms with Crippen molar-refractivity contribution in [2.45, 2.75) is 18.7 Å². The molecule has 5 nitrogen and oxygen atoms in total. The first-order valence-electron chi connectivity index (χ1n) is 3.73. The molecule has 2 heterocycles. The van der Waals surface area contributed by atoms with Crippen molar-refractivity contribution in [3.8, 4) is 0 Å². The minimum atomic E-state index is 0.804. The van der Waals surface area contributed by atoms with Gasteiger partial charge in [-0.1, -0.05) is 5.16 Å². The third kappa shape index (κ3) is 1.57. The Hall–Kier alpha value is -1.30. The Kier molecular flexibility index (Phi) is 2.05. The molecule has 2 rings (SSSR count). The van der Waals surface area contributed by atoms with Crippen LogP contribution >= 0.6 is 11.9 Å². The number of rotatable bonds is 2. The molecular weight excluding hydrogens is 188 g/mol. The van der Waals surface area contributed by atoms with Crippen LogP contribution in [0.4, 0.5) is 0 Å². The number of aromatic nitrogens is 4. The smallest absolute Gasteiger partial charge is 0.149 e. The van der Waals surface area contributed by atoms with Crippen LogP contribution in [0.15, 0.2) is 22.1 Å². The Bertz CT molecular complexity index is 375. The van der Waals surface area contributed by atoms with E-state index in [0.717, 1.165) is 16.3 Å². The highest BCUT2D eigenvalue weighted by molar-refractivity contribution is 7.97. The van der Waals surface area contributed by atoms with E-state index in [0.29, 0.717) is 0 Å². The third-order valence-corrected chi connectivity index (χ3v) is 2.69. The Morgan fingerprint density at radius 1 is 1.46 bits per heavy atom. The maximum atomic E-state index is 5.01. The number of hydrogen-bond donors (Lipinski definition) is 0. The van der Waals surface area contributed by atoms with Crippen molar-refractivity contribution in [3.05, 3.63) is 24.1 Å². The van der Waals surface area contributed by atoms with Gasteiger partial charge >= 0.3 is 0 Å². The molecular formula is C7H8N4OS. The van der Waals surface area contributed by atoms with Crippen molar-refractivity contribution in [1.82, 2.24) is 19.3 Å². The molecule has 2 aromatic rings. The van der Waals surface area contributed by atoms with E-state index in [1.807, 2.05) is 13.8 Å². The average Bonchev–Trinajstić information content (AvgIpc) is 2.70. The van der Waals surface area contributed by atoms with E-state index >= 15 is 0 Å². The molecule has 0 saturated carbocycles. The molecule has 0 aliphatic carbocycles. The molecule has 0 N–H and O–H groups in total. The summed E-state index contributed by atoms with van der Waals surface area (Å²) in [6.07, 6.45) is 3.13. The lowest BCUT2D eigenvalue weighted by atomic mass is 10.4. The highest BCUT2D eigenvalue weighted by atomic mass is 32.2. The maximum absolute atomic E-state index is 5.01. The fraction of sp³-hybridized carbons (Fsp3) is 0.286. The van der Waals surface area contributed by atoms with Crippen molar-refractivity contribution in [2.24, 2.45) is 0 Å².